The van der Waals surface area contributed by atoms with E-state index in [9.17, 15) is 9.59 Å². The minimum Gasteiger partial charge on any atom is -0.352 e. The number of likely N-dealkylation sites (tertiary alicyclic amines) is 1. The van der Waals surface area contributed by atoms with E-state index in [2.05, 4.69) is 31.9 Å². The fourth-order valence-corrected chi connectivity index (χ4v) is 5.27. The number of nitrogens with zero attached hydrogens (tertiary/aromatic N) is 8. The molecule has 10 heteroatoms. The maximum atomic E-state index is 13.4. The highest BCUT2D eigenvalue weighted by atomic mass is 16.2. The molecule has 2 amide bonds. The second kappa shape index (κ2) is 9.01. The topological polar surface area (TPSA) is 90.2 Å². The third-order valence-electron chi connectivity index (χ3n) is 7.14. The molecule has 0 radical (unpaired) electrons. The van der Waals surface area contributed by atoms with Crippen molar-refractivity contribution in [3.05, 3.63) is 18.7 Å². The second-order valence-electron chi connectivity index (χ2n) is 9.34. The van der Waals surface area contributed by atoms with E-state index in [-0.39, 0.29) is 23.7 Å². The Labute approximate surface area is 188 Å². The van der Waals surface area contributed by atoms with Crippen molar-refractivity contribution in [2.45, 2.75) is 26.2 Å². The van der Waals surface area contributed by atoms with E-state index in [1.165, 1.54) is 0 Å². The minimum absolute atomic E-state index is 0.0576. The molecule has 0 bridgehead atoms. The fourth-order valence-electron chi connectivity index (χ4n) is 5.27. The maximum absolute atomic E-state index is 13.4. The summed E-state index contributed by atoms with van der Waals surface area (Å²) in [6, 6.07) is 0. The molecule has 0 saturated carbocycles. The van der Waals surface area contributed by atoms with Gasteiger partial charge < -0.3 is 14.7 Å². The third kappa shape index (κ3) is 4.15. The van der Waals surface area contributed by atoms with Crippen LogP contribution in [-0.4, -0.2) is 105 Å². The lowest BCUT2D eigenvalue weighted by Gasteiger charge is -2.26. The van der Waals surface area contributed by atoms with Crippen molar-refractivity contribution in [3.8, 4) is 0 Å². The number of amides is 2. The lowest BCUT2D eigenvalue weighted by molar-refractivity contribution is -0.135. The van der Waals surface area contributed by atoms with Crippen LogP contribution >= 0.6 is 0 Å². The summed E-state index contributed by atoms with van der Waals surface area (Å²) in [5, 5.41) is 8.18. The number of aromatic nitrogens is 4. The van der Waals surface area contributed by atoms with E-state index in [0.717, 1.165) is 70.0 Å². The molecule has 3 fully saturated rings. The molecule has 172 valence electrons. The van der Waals surface area contributed by atoms with Crippen LogP contribution in [0.15, 0.2) is 18.7 Å². The third-order valence-corrected chi connectivity index (χ3v) is 7.14. The molecule has 0 unspecified atom stereocenters. The number of rotatable bonds is 4. The summed E-state index contributed by atoms with van der Waals surface area (Å²) in [4.78, 5) is 38.9. The molecular formula is C22H32N8O2. The lowest BCUT2D eigenvalue weighted by Crippen LogP contribution is -2.43. The van der Waals surface area contributed by atoms with E-state index in [1.54, 1.807) is 12.5 Å². The molecule has 0 aromatic carbocycles. The predicted molar refractivity (Wildman–Crippen MR) is 119 cm³/mol. The van der Waals surface area contributed by atoms with Gasteiger partial charge in [-0.25, -0.2) is 4.98 Å². The second-order valence-corrected chi connectivity index (χ2v) is 9.34. The van der Waals surface area contributed by atoms with Gasteiger partial charge in [-0.1, -0.05) is 6.92 Å². The molecule has 10 nitrogen and oxygen atoms in total. The molecule has 2 aromatic rings. The van der Waals surface area contributed by atoms with Gasteiger partial charge in [0.1, 0.15) is 6.33 Å². The first kappa shape index (κ1) is 21.1. The number of hydrogen-bond acceptors (Lipinski definition) is 7. The quantitative estimate of drug-likeness (QED) is 0.678. The normalized spacial score (nSPS) is 25.0. The van der Waals surface area contributed by atoms with E-state index >= 15 is 0 Å². The molecule has 5 rings (SSSR count). The van der Waals surface area contributed by atoms with Crippen LogP contribution in [0.3, 0.4) is 0 Å². The summed E-state index contributed by atoms with van der Waals surface area (Å²) in [5.41, 5.74) is 0.723. The number of carbonyl (C=O) groups excluding carboxylic acids is 2. The van der Waals surface area contributed by atoms with Crippen molar-refractivity contribution in [1.29, 1.82) is 0 Å². The highest BCUT2D eigenvalue weighted by Gasteiger charge is 2.38. The average Bonchev–Trinajstić information content (AvgIpc) is 3.53. The molecule has 5 heterocycles. The van der Waals surface area contributed by atoms with Gasteiger partial charge >= 0.3 is 0 Å². The predicted octanol–water partition coefficient (Wildman–Crippen LogP) is 0.353. The van der Waals surface area contributed by atoms with Gasteiger partial charge in [-0.2, -0.15) is 0 Å². The maximum Gasteiger partial charge on any atom is 0.236 e. The van der Waals surface area contributed by atoms with Gasteiger partial charge in [-0.05, 0) is 25.2 Å². The number of carbonyl (C=O) groups is 2. The van der Waals surface area contributed by atoms with Crippen LogP contribution in [0, 0.1) is 11.8 Å². The van der Waals surface area contributed by atoms with Gasteiger partial charge in [0.2, 0.25) is 17.5 Å². The Balaban J connectivity index is 1.20. The van der Waals surface area contributed by atoms with Crippen molar-refractivity contribution in [1.82, 2.24) is 34.3 Å². The van der Waals surface area contributed by atoms with Crippen LogP contribution in [-0.2, 0) is 9.59 Å². The fraction of sp³-hybridized carbons (Fsp3) is 0.682. The standard InChI is InChI=1S/C22H32N8O2/c1-17-13-30(20-21-25-24-16-29(21)10-5-23-20)14-18(17)22(32)28-9-4-6-26(11-12-28)15-19(31)27-7-2-3-8-27/h5,10,16-18H,2-4,6-9,11-15H2,1H3/t17-,18-/m0/s1. The van der Waals surface area contributed by atoms with Gasteiger partial charge in [-0.3, -0.25) is 18.9 Å². The summed E-state index contributed by atoms with van der Waals surface area (Å²) in [6.45, 7) is 8.91. The zero-order valence-electron chi connectivity index (χ0n) is 18.8. The van der Waals surface area contributed by atoms with Crippen molar-refractivity contribution >= 4 is 23.3 Å². The Morgan fingerprint density at radius 2 is 1.81 bits per heavy atom. The van der Waals surface area contributed by atoms with Gasteiger partial charge in [0.05, 0.1) is 12.5 Å². The molecule has 3 aliphatic rings. The van der Waals surface area contributed by atoms with Crippen LogP contribution in [0.25, 0.3) is 5.65 Å². The summed E-state index contributed by atoms with van der Waals surface area (Å²) < 4.78 is 1.86. The van der Waals surface area contributed by atoms with Crippen LogP contribution in [0.2, 0.25) is 0 Å². The zero-order valence-corrected chi connectivity index (χ0v) is 18.8. The van der Waals surface area contributed by atoms with Crippen molar-refractivity contribution in [3.63, 3.8) is 0 Å². The van der Waals surface area contributed by atoms with Gasteiger partial charge in [0, 0.05) is 64.8 Å². The number of fused-ring (bicyclic) bond motifs is 1. The largest absolute Gasteiger partial charge is 0.352 e. The van der Waals surface area contributed by atoms with Gasteiger partial charge in [0.15, 0.2) is 5.82 Å². The smallest absolute Gasteiger partial charge is 0.236 e. The van der Waals surface area contributed by atoms with E-state index in [0.29, 0.717) is 19.6 Å². The Morgan fingerprint density at radius 1 is 1.00 bits per heavy atom. The van der Waals surface area contributed by atoms with Crippen molar-refractivity contribution in [2.75, 3.05) is 63.8 Å². The Morgan fingerprint density at radius 3 is 2.66 bits per heavy atom. The molecule has 0 N–H and O–H groups in total. The van der Waals surface area contributed by atoms with Crippen LogP contribution in [0.5, 0.6) is 0 Å². The summed E-state index contributed by atoms with van der Waals surface area (Å²) in [7, 11) is 0. The molecular weight excluding hydrogens is 408 g/mol. The Hall–Kier alpha value is -2.75. The SMILES string of the molecule is C[C@H]1CN(c2nccn3cnnc23)C[C@@H]1C(=O)N1CCCN(CC(=O)N2CCCC2)CC1. The number of hydrogen-bond donors (Lipinski definition) is 0. The van der Waals surface area contributed by atoms with Crippen molar-refractivity contribution < 1.29 is 9.59 Å². The van der Waals surface area contributed by atoms with E-state index in [1.807, 2.05) is 20.4 Å². The first-order chi connectivity index (χ1) is 15.6. The summed E-state index contributed by atoms with van der Waals surface area (Å²) >= 11 is 0. The monoisotopic (exact) mass is 440 g/mol. The molecule has 3 aliphatic heterocycles. The zero-order chi connectivity index (χ0) is 22.1. The highest BCUT2D eigenvalue weighted by Crippen LogP contribution is 2.30. The molecule has 2 atom stereocenters. The minimum atomic E-state index is -0.0576. The Kier molecular flexibility index (Phi) is 5.95. The number of anilines is 1. The highest BCUT2D eigenvalue weighted by molar-refractivity contribution is 5.81. The van der Waals surface area contributed by atoms with Gasteiger partial charge in [0.25, 0.3) is 0 Å². The van der Waals surface area contributed by atoms with Crippen LogP contribution < -0.4 is 4.90 Å². The molecule has 0 spiro atoms. The Bertz CT molecular complexity index is 972. The average molecular weight is 441 g/mol. The first-order valence-corrected chi connectivity index (χ1v) is 11.8. The van der Waals surface area contributed by atoms with E-state index < -0.39 is 0 Å². The molecule has 3 saturated heterocycles. The van der Waals surface area contributed by atoms with Crippen LogP contribution in [0.4, 0.5) is 5.82 Å². The van der Waals surface area contributed by atoms with Crippen LogP contribution in [0.1, 0.15) is 26.2 Å². The molecule has 0 aliphatic carbocycles. The summed E-state index contributed by atoms with van der Waals surface area (Å²) in [5.74, 6) is 1.43. The van der Waals surface area contributed by atoms with Gasteiger partial charge in [-0.15, -0.1) is 10.2 Å². The molecule has 2 aromatic heterocycles. The summed E-state index contributed by atoms with van der Waals surface area (Å²) in [6.07, 6.45) is 8.39. The van der Waals surface area contributed by atoms with Crippen molar-refractivity contribution in [2.24, 2.45) is 11.8 Å². The first-order valence-electron chi connectivity index (χ1n) is 11.8. The van der Waals surface area contributed by atoms with E-state index in [4.69, 9.17) is 0 Å². The lowest BCUT2D eigenvalue weighted by atomic mass is 9.96. The molecule has 32 heavy (non-hydrogen) atoms.